The molecule has 4 nitrogen and oxygen atoms in total. The van der Waals surface area contributed by atoms with Crippen LogP contribution in [0.5, 0.6) is 0 Å². The van der Waals surface area contributed by atoms with E-state index < -0.39 is 0 Å². The molecule has 0 aromatic heterocycles. The first-order valence-corrected chi connectivity index (χ1v) is 7.26. The molecular weight excluding hydrogens is 276 g/mol. The fourth-order valence-corrected chi connectivity index (χ4v) is 2.74. The van der Waals surface area contributed by atoms with E-state index in [9.17, 15) is 4.79 Å². The van der Waals surface area contributed by atoms with E-state index in [2.05, 4.69) is 10.3 Å². The fourth-order valence-electron chi connectivity index (χ4n) is 2.74. The Labute approximate surface area is 126 Å². The van der Waals surface area contributed by atoms with E-state index in [1.165, 1.54) is 6.07 Å². The lowest BCUT2D eigenvalue weighted by atomic mass is 10.0. The Morgan fingerprint density at radius 1 is 1.09 bits per heavy atom. The van der Waals surface area contributed by atoms with Gasteiger partial charge in [0, 0.05) is 35.1 Å². The predicted molar refractivity (Wildman–Crippen MR) is 88.6 cm³/mol. The van der Waals surface area contributed by atoms with Crippen molar-refractivity contribution < 1.29 is 4.42 Å². The van der Waals surface area contributed by atoms with Gasteiger partial charge in [-0.15, -0.1) is 0 Å². The molecule has 0 spiro atoms. The number of benzene rings is 3. The zero-order chi connectivity index (χ0) is 15.1. The number of aromatic nitrogens is 1. The second-order valence-electron chi connectivity index (χ2n) is 5.19. The minimum atomic E-state index is -0.0455. The van der Waals surface area contributed by atoms with Gasteiger partial charge in [-0.2, -0.15) is 0 Å². The molecule has 1 aliphatic heterocycles. The molecule has 0 amide bonds. The molecule has 0 saturated heterocycles. The van der Waals surface area contributed by atoms with Crippen molar-refractivity contribution in [1.29, 1.82) is 0 Å². The molecule has 0 bridgehead atoms. The van der Waals surface area contributed by atoms with Gasteiger partial charge in [-0.25, -0.2) is 4.98 Å². The van der Waals surface area contributed by atoms with Gasteiger partial charge >= 0.3 is 0 Å². The van der Waals surface area contributed by atoms with E-state index in [1.807, 2.05) is 49.4 Å². The summed E-state index contributed by atoms with van der Waals surface area (Å²) in [5.41, 5.74) is 3.09. The van der Waals surface area contributed by atoms with Gasteiger partial charge in [-0.3, -0.25) is 4.79 Å². The number of rotatable bonds is 2. The first-order chi connectivity index (χ1) is 10.8. The third-order valence-corrected chi connectivity index (χ3v) is 3.74. The Hall–Kier alpha value is -2.88. The average molecular weight is 290 g/mol. The molecule has 0 fully saturated rings. The van der Waals surface area contributed by atoms with Crippen molar-refractivity contribution in [2.24, 2.45) is 0 Å². The second-order valence-corrected chi connectivity index (χ2v) is 5.19. The minimum Gasteiger partial charge on any atom is -0.453 e. The van der Waals surface area contributed by atoms with E-state index in [-0.39, 0.29) is 5.43 Å². The maximum absolute atomic E-state index is 12.2. The number of hydrogen-bond acceptors (Lipinski definition) is 4. The summed E-state index contributed by atoms with van der Waals surface area (Å²) < 4.78 is 5.92. The summed E-state index contributed by atoms with van der Waals surface area (Å²) in [6.07, 6.45) is 0. The minimum absolute atomic E-state index is 0.0455. The van der Waals surface area contributed by atoms with Crippen LogP contribution in [-0.4, -0.2) is 11.5 Å². The molecule has 4 rings (SSSR count). The second kappa shape index (κ2) is 4.84. The quantitative estimate of drug-likeness (QED) is 0.449. The lowest BCUT2D eigenvalue weighted by Crippen LogP contribution is -2.04. The van der Waals surface area contributed by atoms with Gasteiger partial charge in [0.25, 0.3) is 0 Å². The summed E-state index contributed by atoms with van der Waals surface area (Å²) in [5.74, 6) is 0.518. The molecule has 108 valence electrons. The average Bonchev–Trinajstić information content (AvgIpc) is 2.54. The third kappa shape index (κ3) is 1.92. The fraction of sp³-hybridized carbons (Fsp3) is 0.111. The van der Waals surface area contributed by atoms with E-state index in [0.29, 0.717) is 16.7 Å². The van der Waals surface area contributed by atoms with Crippen LogP contribution in [0, 0.1) is 0 Å². The Bertz CT molecular complexity index is 1020. The largest absolute Gasteiger partial charge is 0.453 e. The van der Waals surface area contributed by atoms with Gasteiger partial charge in [-0.05, 0) is 19.1 Å². The van der Waals surface area contributed by atoms with Crippen molar-refractivity contribution in [1.82, 2.24) is 4.98 Å². The highest BCUT2D eigenvalue weighted by Crippen LogP contribution is 2.30. The van der Waals surface area contributed by atoms with E-state index in [4.69, 9.17) is 4.42 Å². The van der Waals surface area contributed by atoms with Crippen LogP contribution in [0.15, 0.2) is 57.7 Å². The lowest BCUT2D eigenvalue weighted by molar-refractivity contribution is 0.614. The van der Waals surface area contributed by atoms with Crippen molar-refractivity contribution in [3.05, 3.63) is 58.8 Å². The number of nitrogens with zero attached hydrogens (tertiary/aromatic N) is 1. The molecule has 2 aromatic rings. The lowest BCUT2D eigenvalue weighted by Gasteiger charge is -2.10. The van der Waals surface area contributed by atoms with Gasteiger partial charge < -0.3 is 9.73 Å². The van der Waals surface area contributed by atoms with Gasteiger partial charge in [0.15, 0.2) is 16.8 Å². The molecule has 0 saturated carbocycles. The smallest absolute Gasteiger partial charge is 0.190 e. The highest BCUT2D eigenvalue weighted by atomic mass is 16.3. The van der Waals surface area contributed by atoms with Gasteiger partial charge in [0.2, 0.25) is 0 Å². The normalized spacial score (nSPS) is 11.3. The first kappa shape index (κ1) is 12.8. The van der Waals surface area contributed by atoms with Crippen LogP contribution < -0.4 is 10.7 Å². The van der Waals surface area contributed by atoms with E-state index in [0.717, 1.165) is 28.8 Å². The standard InChI is InChI=1S/C18H14N2O2/c1-2-19-11-7-8-14-16(9-11)22-17-10-15(21)12-5-3-4-6-13(12)18(17)20-14/h3-10,19H,2H2,1H3. The summed E-state index contributed by atoms with van der Waals surface area (Å²) >= 11 is 0. The number of fused-ring (bicyclic) bond motifs is 4. The Balaban J connectivity index is 2.09. The zero-order valence-electron chi connectivity index (χ0n) is 12.1. The molecule has 4 heteroatoms. The maximum atomic E-state index is 12.2. The monoisotopic (exact) mass is 290 g/mol. The SMILES string of the molecule is CCNc1ccc2nc3c4ccccc4c(=O)cc-3oc2c1. The molecule has 0 atom stereocenters. The zero-order valence-corrected chi connectivity index (χ0v) is 12.1. The van der Waals surface area contributed by atoms with Crippen molar-refractivity contribution in [2.45, 2.75) is 6.92 Å². The summed E-state index contributed by atoms with van der Waals surface area (Å²) in [6, 6.07) is 14.8. The first-order valence-electron chi connectivity index (χ1n) is 7.26. The number of anilines is 1. The van der Waals surface area contributed by atoms with Gasteiger partial charge in [0.05, 0.1) is 0 Å². The van der Waals surface area contributed by atoms with Crippen LogP contribution in [0.2, 0.25) is 0 Å². The molecule has 2 aliphatic rings. The third-order valence-electron chi connectivity index (χ3n) is 3.74. The van der Waals surface area contributed by atoms with Crippen LogP contribution >= 0.6 is 0 Å². The number of hydrogen-bond donors (Lipinski definition) is 1. The Kier molecular flexibility index (Phi) is 2.82. The summed E-state index contributed by atoms with van der Waals surface area (Å²) in [6.45, 7) is 2.87. The molecule has 1 heterocycles. The molecular formula is C18H14N2O2. The van der Waals surface area contributed by atoms with Crippen LogP contribution in [0.3, 0.4) is 0 Å². The molecule has 0 unspecified atom stereocenters. The predicted octanol–water partition coefficient (Wildman–Crippen LogP) is 3.88. The number of nitrogens with one attached hydrogen (secondary N) is 1. The topological polar surface area (TPSA) is 55.1 Å². The Morgan fingerprint density at radius 2 is 1.91 bits per heavy atom. The van der Waals surface area contributed by atoms with Gasteiger partial charge in [0.1, 0.15) is 11.2 Å². The van der Waals surface area contributed by atoms with Crippen molar-refractivity contribution in [2.75, 3.05) is 11.9 Å². The van der Waals surface area contributed by atoms with Crippen molar-refractivity contribution in [3.8, 4) is 11.5 Å². The Morgan fingerprint density at radius 3 is 2.73 bits per heavy atom. The van der Waals surface area contributed by atoms with E-state index >= 15 is 0 Å². The molecule has 1 aliphatic carbocycles. The maximum Gasteiger partial charge on any atom is 0.190 e. The van der Waals surface area contributed by atoms with Crippen LogP contribution in [0.25, 0.3) is 33.3 Å². The molecule has 1 N–H and O–H groups in total. The molecule has 2 aromatic carbocycles. The summed E-state index contributed by atoms with van der Waals surface area (Å²) in [4.78, 5) is 16.9. The highest BCUT2D eigenvalue weighted by Gasteiger charge is 2.15. The highest BCUT2D eigenvalue weighted by molar-refractivity contribution is 5.96. The molecule has 22 heavy (non-hydrogen) atoms. The van der Waals surface area contributed by atoms with Gasteiger partial charge in [-0.1, -0.05) is 24.3 Å². The van der Waals surface area contributed by atoms with Crippen molar-refractivity contribution >= 4 is 27.6 Å². The summed E-state index contributed by atoms with van der Waals surface area (Å²) in [7, 11) is 0. The summed E-state index contributed by atoms with van der Waals surface area (Å²) in [5, 5.41) is 4.73. The van der Waals surface area contributed by atoms with Crippen molar-refractivity contribution in [3.63, 3.8) is 0 Å². The van der Waals surface area contributed by atoms with E-state index in [1.54, 1.807) is 0 Å². The van der Waals surface area contributed by atoms with Crippen LogP contribution in [-0.2, 0) is 0 Å². The van der Waals surface area contributed by atoms with Crippen LogP contribution in [0.1, 0.15) is 6.92 Å². The van der Waals surface area contributed by atoms with Crippen LogP contribution in [0.4, 0.5) is 5.69 Å². The molecule has 0 radical (unpaired) electrons.